The number of nitrogens with zero attached hydrogens (tertiary/aromatic N) is 1. The molecule has 1 aromatic heterocycles. The molecule has 0 bridgehead atoms. The minimum Gasteiger partial charge on any atom is -0.490 e. The molecular weight excluding hydrogens is 291 g/mol. The van der Waals surface area contributed by atoms with Crippen LogP contribution in [0, 0.1) is 5.82 Å². The molecule has 5 heteroatoms. The molecule has 114 valence electrons. The van der Waals surface area contributed by atoms with Crippen molar-refractivity contribution in [3.8, 4) is 17.0 Å². The maximum Gasteiger partial charge on any atom is 0.149 e. The van der Waals surface area contributed by atoms with Gasteiger partial charge in [-0.1, -0.05) is 6.58 Å². The molecule has 1 aliphatic rings. The van der Waals surface area contributed by atoms with Crippen molar-refractivity contribution < 1.29 is 17.9 Å². The minimum atomic E-state index is -1.30. The van der Waals surface area contributed by atoms with E-state index < -0.39 is 18.8 Å². The van der Waals surface area contributed by atoms with Crippen molar-refractivity contribution in [2.75, 3.05) is 20.0 Å². The number of hydrogen-bond donors (Lipinski definition) is 0. The highest BCUT2D eigenvalue weighted by atomic mass is 19.1. The van der Waals surface area contributed by atoms with Gasteiger partial charge in [0.1, 0.15) is 37.2 Å². The summed E-state index contributed by atoms with van der Waals surface area (Å²) in [5.41, 5.74) is 0.702. The Morgan fingerprint density at radius 2 is 1.91 bits per heavy atom. The van der Waals surface area contributed by atoms with Gasteiger partial charge in [0.15, 0.2) is 0 Å². The van der Waals surface area contributed by atoms with Crippen molar-refractivity contribution in [1.82, 2.24) is 4.98 Å². The predicted octanol–water partition coefficient (Wildman–Crippen LogP) is 4.10. The number of fused-ring (bicyclic) bond motifs is 1. The summed E-state index contributed by atoms with van der Waals surface area (Å²) in [6.07, 6.45) is 1.51. The number of aromatic nitrogens is 1. The Bertz CT molecular complexity index is 709. The molecule has 1 aliphatic heterocycles. The first-order valence-electron chi connectivity index (χ1n) is 6.82. The van der Waals surface area contributed by atoms with Crippen molar-refractivity contribution in [3.63, 3.8) is 0 Å². The van der Waals surface area contributed by atoms with Gasteiger partial charge >= 0.3 is 0 Å². The fourth-order valence-corrected chi connectivity index (χ4v) is 2.55. The van der Waals surface area contributed by atoms with E-state index in [2.05, 4.69) is 11.6 Å². The molecule has 0 radical (unpaired) electrons. The van der Waals surface area contributed by atoms with Crippen LogP contribution in [0.3, 0.4) is 0 Å². The van der Waals surface area contributed by atoms with Gasteiger partial charge in [-0.05, 0) is 36.4 Å². The van der Waals surface area contributed by atoms with Crippen LogP contribution in [0.1, 0.15) is 11.3 Å². The van der Waals surface area contributed by atoms with Crippen LogP contribution in [0.25, 0.3) is 17.3 Å². The van der Waals surface area contributed by atoms with Gasteiger partial charge in [0.05, 0.1) is 11.1 Å². The highest BCUT2D eigenvalue weighted by Crippen LogP contribution is 2.45. The number of halogens is 3. The van der Waals surface area contributed by atoms with Crippen LogP contribution in [0.5, 0.6) is 5.75 Å². The first-order chi connectivity index (χ1) is 10.6. The topological polar surface area (TPSA) is 22.1 Å². The summed E-state index contributed by atoms with van der Waals surface area (Å²) in [5.74, 6) is -0.0180. The largest absolute Gasteiger partial charge is 0.490 e. The predicted molar refractivity (Wildman–Crippen MR) is 78.8 cm³/mol. The van der Waals surface area contributed by atoms with Crippen LogP contribution in [0.2, 0.25) is 0 Å². The van der Waals surface area contributed by atoms with E-state index in [1.807, 2.05) is 0 Å². The molecule has 2 aromatic rings. The number of benzene rings is 1. The van der Waals surface area contributed by atoms with Gasteiger partial charge in [-0.2, -0.15) is 0 Å². The van der Waals surface area contributed by atoms with E-state index in [0.29, 0.717) is 28.3 Å². The smallest absolute Gasteiger partial charge is 0.149 e. The van der Waals surface area contributed by atoms with Crippen molar-refractivity contribution >= 4 is 6.08 Å². The van der Waals surface area contributed by atoms with Crippen LogP contribution in [-0.4, -0.2) is 24.9 Å². The zero-order valence-electron chi connectivity index (χ0n) is 11.8. The molecule has 0 spiro atoms. The first kappa shape index (κ1) is 14.6. The van der Waals surface area contributed by atoms with E-state index in [1.54, 1.807) is 18.2 Å². The van der Waals surface area contributed by atoms with Gasteiger partial charge in [-0.25, -0.2) is 18.2 Å². The molecular formula is C17H14F3NO. The fourth-order valence-electron chi connectivity index (χ4n) is 2.55. The standard InChI is InChI=1S/C17H14F3NO/c1-2-13-7-14-16(22-10-17(14,8-18)9-19)15(21-13)11-3-5-12(20)6-4-11/h2-7H,1,8-10H2. The molecule has 0 atom stereocenters. The molecule has 3 rings (SSSR count). The van der Waals surface area contributed by atoms with Gasteiger partial charge < -0.3 is 4.74 Å². The van der Waals surface area contributed by atoms with E-state index in [0.717, 1.165) is 0 Å². The Balaban J connectivity index is 2.22. The molecule has 0 fully saturated rings. The minimum absolute atomic E-state index is 0.0776. The Labute approximate surface area is 126 Å². The third kappa shape index (κ3) is 2.17. The Hall–Kier alpha value is -2.30. The second-order valence-electron chi connectivity index (χ2n) is 5.32. The zero-order valence-corrected chi connectivity index (χ0v) is 11.8. The molecule has 0 aliphatic carbocycles. The van der Waals surface area contributed by atoms with Crippen LogP contribution in [0.15, 0.2) is 36.9 Å². The zero-order chi connectivity index (χ0) is 15.7. The van der Waals surface area contributed by atoms with Crippen molar-refractivity contribution in [2.24, 2.45) is 0 Å². The lowest BCUT2D eigenvalue weighted by atomic mass is 9.84. The molecule has 22 heavy (non-hydrogen) atoms. The Morgan fingerprint density at radius 1 is 1.23 bits per heavy atom. The molecule has 0 amide bonds. The van der Waals surface area contributed by atoms with Crippen molar-refractivity contribution in [2.45, 2.75) is 5.41 Å². The third-order valence-corrected chi connectivity index (χ3v) is 3.90. The number of ether oxygens (including phenoxy) is 1. The number of pyridine rings is 1. The van der Waals surface area contributed by atoms with Gasteiger partial charge in [-0.15, -0.1) is 0 Å². The van der Waals surface area contributed by atoms with Crippen molar-refractivity contribution in [3.05, 3.63) is 54.0 Å². The molecule has 0 N–H and O–H groups in total. The first-order valence-corrected chi connectivity index (χ1v) is 6.82. The summed E-state index contributed by atoms with van der Waals surface area (Å²) in [6, 6.07) is 7.31. The lowest BCUT2D eigenvalue weighted by molar-refractivity contribution is 0.185. The van der Waals surface area contributed by atoms with Crippen molar-refractivity contribution in [1.29, 1.82) is 0 Å². The van der Waals surface area contributed by atoms with E-state index in [9.17, 15) is 13.2 Å². The summed E-state index contributed by atoms with van der Waals surface area (Å²) in [4.78, 5) is 4.39. The lowest BCUT2D eigenvalue weighted by Crippen LogP contribution is -2.33. The fraction of sp³-hybridized carbons (Fsp3) is 0.235. The number of hydrogen-bond acceptors (Lipinski definition) is 2. The van der Waals surface area contributed by atoms with Crippen LogP contribution in [0.4, 0.5) is 13.2 Å². The Kier molecular flexibility index (Phi) is 3.64. The summed E-state index contributed by atoms with van der Waals surface area (Å²) < 4.78 is 45.5. The van der Waals surface area contributed by atoms with Gasteiger partial charge in [0.2, 0.25) is 0 Å². The highest BCUT2D eigenvalue weighted by Gasteiger charge is 2.43. The van der Waals surface area contributed by atoms with Gasteiger partial charge in [0.25, 0.3) is 0 Å². The number of alkyl halides is 2. The monoisotopic (exact) mass is 305 g/mol. The SMILES string of the molecule is C=Cc1cc2c(c(-c3ccc(F)cc3)n1)OCC2(CF)CF. The van der Waals surface area contributed by atoms with Gasteiger partial charge in [-0.3, -0.25) is 0 Å². The molecule has 2 heterocycles. The quantitative estimate of drug-likeness (QED) is 0.848. The average Bonchev–Trinajstić information content (AvgIpc) is 2.94. The molecule has 1 aromatic carbocycles. The molecule has 0 unspecified atom stereocenters. The van der Waals surface area contributed by atoms with Gasteiger partial charge in [0, 0.05) is 11.1 Å². The third-order valence-electron chi connectivity index (χ3n) is 3.90. The maximum absolute atomic E-state index is 13.4. The molecule has 2 nitrogen and oxygen atoms in total. The van der Waals surface area contributed by atoms with Crippen LogP contribution >= 0.6 is 0 Å². The average molecular weight is 305 g/mol. The van der Waals surface area contributed by atoms with E-state index in [-0.39, 0.29) is 12.4 Å². The second kappa shape index (κ2) is 5.48. The van der Waals surface area contributed by atoms with Crippen LogP contribution < -0.4 is 4.74 Å². The summed E-state index contributed by atoms with van der Waals surface area (Å²) in [6.45, 7) is 1.85. The maximum atomic E-state index is 13.4. The molecule has 0 saturated carbocycles. The second-order valence-corrected chi connectivity index (χ2v) is 5.32. The lowest BCUT2D eigenvalue weighted by Gasteiger charge is -2.20. The van der Waals surface area contributed by atoms with E-state index in [1.165, 1.54) is 18.2 Å². The summed E-state index contributed by atoms with van der Waals surface area (Å²) >= 11 is 0. The van der Waals surface area contributed by atoms with E-state index >= 15 is 0 Å². The summed E-state index contributed by atoms with van der Waals surface area (Å²) in [7, 11) is 0. The molecule has 0 saturated heterocycles. The van der Waals surface area contributed by atoms with Crippen LogP contribution in [-0.2, 0) is 5.41 Å². The summed E-state index contributed by atoms with van der Waals surface area (Å²) in [5, 5.41) is 0. The van der Waals surface area contributed by atoms with E-state index in [4.69, 9.17) is 4.74 Å². The number of rotatable bonds is 4. The Morgan fingerprint density at radius 3 is 2.50 bits per heavy atom. The normalized spacial score (nSPS) is 15.2. The highest BCUT2D eigenvalue weighted by molar-refractivity contribution is 5.72.